The maximum absolute atomic E-state index is 2.62. The third kappa shape index (κ3) is 18.5. The highest BCUT2D eigenvalue weighted by Crippen LogP contribution is 2.14. The van der Waals surface area contributed by atoms with Crippen molar-refractivity contribution < 1.29 is 4.57 Å². The number of hydrogen-bond donors (Lipinski definition) is 0. The second-order valence-corrected chi connectivity index (χ2v) is 11.6. The third-order valence-electron chi connectivity index (χ3n) is 8.10. The van der Waals surface area contributed by atoms with E-state index in [1.807, 2.05) is 0 Å². The van der Waals surface area contributed by atoms with E-state index >= 15 is 0 Å². The normalized spacial score (nSPS) is 11.5. The second kappa shape index (κ2) is 25.8. The molecule has 0 aromatic carbocycles. The van der Waals surface area contributed by atoms with Crippen LogP contribution in [-0.2, 0) is 19.5 Å². The van der Waals surface area contributed by atoms with Crippen molar-refractivity contribution in [3.8, 4) is 0 Å². The van der Waals surface area contributed by atoms with Crippen molar-refractivity contribution in [2.75, 3.05) is 0 Å². The zero-order chi connectivity index (χ0) is 25.9. The Balaban J connectivity index is 2.34. The molecule has 0 spiro atoms. The lowest BCUT2D eigenvalue weighted by atomic mass is 10.1. The Kier molecular flexibility index (Phi) is 23.9. The number of aryl methyl sites for hydroxylation is 2. The Bertz CT molecular complexity index is 562. The molecule has 2 nitrogen and oxygen atoms in total. The van der Waals surface area contributed by atoms with Crippen molar-refractivity contribution in [2.24, 2.45) is 0 Å². The fraction of sp³-hybridized carbons (Fsp3) is 0.912. The van der Waals surface area contributed by atoms with Crippen LogP contribution in [0, 0.1) is 0 Å². The highest BCUT2D eigenvalue weighted by Gasteiger charge is 2.16. The molecule has 0 atom stereocenters. The Morgan fingerprint density at radius 1 is 0.472 bits per heavy atom. The molecule has 2 heteroatoms. The zero-order valence-corrected chi connectivity index (χ0v) is 25.3. The Morgan fingerprint density at radius 2 is 0.861 bits per heavy atom. The molecular weight excluding hydrogens is 436 g/mol. The summed E-state index contributed by atoms with van der Waals surface area (Å²) in [7, 11) is 0. The minimum absolute atomic E-state index is 1.23. The van der Waals surface area contributed by atoms with Gasteiger partial charge in [0.2, 0.25) is 0 Å². The van der Waals surface area contributed by atoms with Gasteiger partial charge in [0.05, 0.1) is 13.1 Å². The maximum atomic E-state index is 2.62. The van der Waals surface area contributed by atoms with Gasteiger partial charge in [-0.2, -0.15) is 0 Å². The maximum Gasteiger partial charge on any atom is 0.256 e. The molecule has 0 aliphatic rings. The summed E-state index contributed by atoms with van der Waals surface area (Å²) in [6.45, 7) is 9.39. The Hall–Kier alpha value is -0.790. The molecule has 1 heterocycles. The molecule has 0 N–H and O–H groups in total. The fourth-order valence-electron chi connectivity index (χ4n) is 5.62. The number of rotatable bonds is 28. The molecule has 1 rings (SSSR count). The Morgan fingerprint density at radius 3 is 1.33 bits per heavy atom. The molecule has 0 aliphatic carbocycles. The molecule has 212 valence electrons. The summed E-state index contributed by atoms with van der Waals surface area (Å²) in [4.78, 5) is 0. The number of unbranched alkanes of at least 4 members (excludes halogenated alkanes) is 22. The van der Waals surface area contributed by atoms with Crippen LogP contribution in [0.2, 0.25) is 0 Å². The molecule has 0 bridgehead atoms. The molecule has 1 aromatic heterocycles. The SMILES string of the molecule is CCCCCCCCCCCC[n+]1ccn(CCCCCCCCCC)c1CCCCCCCCC. The number of hydrogen-bond acceptors (Lipinski definition) is 0. The van der Waals surface area contributed by atoms with Crippen LogP contribution in [0.3, 0.4) is 0 Å². The van der Waals surface area contributed by atoms with Gasteiger partial charge in [-0.3, -0.25) is 0 Å². The van der Waals surface area contributed by atoms with E-state index in [9.17, 15) is 0 Å². The molecule has 0 radical (unpaired) electrons. The van der Waals surface area contributed by atoms with Crippen LogP contribution in [0.5, 0.6) is 0 Å². The highest BCUT2D eigenvalue weighted by molar-refractivity contribution is 4.84. The summed E-state index contributed by atoms with van der Waals surface area (Å²) < 4.78 is 5.23. The lowest BCUT2D eigenvalue weighted by molar-refractivity contribution is -0.704. The molecule has 0 fully saturated rings. The first kappa shape index (κ1) is 33.2. The summed E-state index contributed by atoms with van der Waals surface area (Å²) in [6, 6.07) is 0. The predicted octanol–water partition coefficient (Wildman–Crippen LogP) is 11.1. The second-order valence-electron chi connectivity index (χ2n) is 11.6. The summed E-state index contributed by atoms with van der Waals surface area (Å²) >= 11 is 0. The molecule has 0 saturated heterocycles. The largest absolute Gasteiger partial charge is 0.256 e. The van der Waals surface area contributed by atoms with Crippen LogP contribution in [0.25, 0.3) is 0 Å². The summed E-state index contributed by atoms with van der Waals surface area (Å²) in [6.07, 6.45) is 41.4. The van der Waals surface area contributed by atoms with E-state index in [-0.39, 0.29) is 0 Å². The summed E-state index contributed by atoms with van der Waals surface area (Å²) in [5.74, 6) is 1.61. The number of imidazole rings is 1. The predicted molar refractivity (Wildman–Crippen MR) is 161 cm³/mol. The fourth-order valence-corrected chi connectivity index (χ4v) is 5.62. The average molecular weight is 504 g/mol. The minimum Gasteiger partial charge on any atom is -0.234 e. The Labute approximate surface area is 228 Å². The van der Waals surface area contributed by atoms with Crippen molar-refractivity contribution in [2.45, 2.75) is 201 Å². The van der Waals surface area contributed by atoms with E-state index in [0.29, 0.717) is 0 Å². The van der Waals surface area contributed by atoms with Crippen molar-refractivity contribution in [3.63, 3.8) is 0 Å². The van der Waals surface area contributed by atoms with Gasteiger partial charge in [0, 0.05) is 6.42 Å². The van der Waals surface area contributed by atoms with Gasteiger partial charge in [-0.05, 0) is 32.1 Å². The number of nitrogens with zero attached hydrogens (tertiary/aromatic N) is 2. The van der Waals surface area contributed by atoms with Gasteiger partial charge in [-0.1, -0.05) is 149 Å². The van der Waals surface area contributed by atoms with E-state index in [1.165, 1.54) is 180 Å². The van der Waals surface area contributed by atoms with Crippen LogP contribution in [-0.4, -0.2) is 4.57 Å². The smallest absolute Gasteiger partial charge is 0.234 e. The van der Waals surface area contributed by atoms with Gasteiger partial charge in [-0.25, -0.2) is 9.13 Å². The lowest BCUT2D eigenvalue weighted by Gasteiger charge is -2.07. The third-order valence-corrected chi connectivity index (χ3v) is 8.10. The van der Waals surface area contributed by atoms with Crippen LogP contribution in [0.1, 0.15) is 187 Å². The van der Waals surface area contributed by atoms with Gasteiger partial charge >= 0.3 is 0 Å². The lowest BCUT2D eigenvalue weighted by Crippen LogP contribution is -2.37. The van der Waals surface area contributed by atoms with E-state index < -0.39 is 0 Å². The van der Waals surface area contributed by atoms with Crippen molar-refractivity contribution in [1.82, 2.24) is 4.57 Å². The van der Waals surface area contributed by atoms with Gasteiger partial charge < -0.3 is 0 Å². The first-order valence-corrected chi connectivity index (χ1v) is 16.9. The van der Waals surface area contributed by atoms with Crippen LogP contribution in [0.4, 0.5) is 0 Å². The zero-order valence-electron chi connectivity index (χ0n) is 25.3. The summed E-state index contributed by atoms with van der Waals surface area (Å²) in [5.41, 5.74) is 0. The monoisotopic (exact) mass is 504 g/mol. The molecule has 0 unspecified atom stereocenters. The van der Waals surface area contributed by atoms with E-state index in [2.05, 4.69) is 42.3 Å². The molecule has 0 aliphatic heterocycles. The van der Waals surface area contributed by atoms with Gasteiger partial charge in [0.15, 0.2) is 0 Å². The van der Waals surface area contributed by atoms with Crippen LogP contribution in [0.15, 0.2) is 12.4 Å². The topological polar surface area (TPSA) is 8.81 Å². The first-order chi connectivity index (χ1) is 17.8. The van der Waals surface area contributed by atoms with Crippen LogP contribution < -0.4 is 4.57 Å². The standard InChI is InChI=1S/C34H67N2/c1-4-7-10-13-16-18-19-22-25-28-31-36-33-32-35(30-27-24-21-17-14-11-8-5-2)34(36)29-26-23-20-15-12-9-6-3/h32-33H,4-31H2,1-3H3/q+1. The van der Waals surface area contributed by atoms with E-state index in [4.69, 9.17) is 0 Å². The average Bonchev–Trinajstić information content (AvgIpc) is 3.27. The summed E-state index contributed by atoms with van der Waals surface area (Å²) in [5, 5.41) is 0. The van der Waals surface area contributed by atoms with Crippen molar-refractivity contribution >= 4 is 0 Å². The van der Waals surface area contributed by atoms with Gasteiger partial charge in [0.1, 0.15) is 12.4 Å². The van der Waals surface area contributed by atoms with Crippen molar-refractivity contribution in [1.29, 1.82) is 0 Å². The van der Waals surface area contributed by atoms with E-state index in [1.54, 1.807) is 5.82 Å². The first-order valence-electron chi connectivity index (χ1n) is 16.9. The van der Waals surface area contributed by atoms with Gasteiger partial charge in [-0.15, -0.1) is 0 Å². The van der Waals surface area contributed by atoms with Gasteiger partial charge in [0.25, 0.3) is 5.82 Å². The minimum atomic E-state index is 1.23. The molecular formula is C34H67N2+. The van der Waals surface area contributed by atoms with E-state index in [0.717, 1.165) is 0 Å². The van der Waals surface area contributed by atoms with Crippen LogP contribution >= 0.6 is 0 Å². The quantitative estimate of drug-likeness (QED) is 0.0794. The molecule has 0 saturated carbocycles. The van der Waals surface area contributed by atoms with Crippen molar-refractivity contribution in [3.05, 3.63) is 18.2 Å². The molecule has 0 amide bonds. The highest BCUT2D eigenvalue weighted by atomic mass is 15.1. The molecule has 1 aromatic rings. The number of aromatic nitrogens is 2. The molecule has 36 heavy (non-hydrogen) atoms.